The molecule has 21 heavy (non-hydrogen) atoms. The number of rotatable bonds is 1. The summed E-state index contributed by atoms with van der Waals surface area (Å²) in [6.45, 7) is 0. The Balaban J connectivity index is 2.01. The second-order valence-corrected chi connectivity index (χ2v) is 4.86. The molecule has 1 saturated heterocycles. The van der Waals surface area contributed by atoms with Crippen LogP contribution >= 0.6 is 0 Å². The predicted octanol–water partition coefficient (Wildman–Crippen LogP) is 0.731. The van der Waals surface area contributed by atoms with Gasteiger partial charge in [-0.05, 0) is 18.6 Å². The summed E-state index contributed by atoms with van der Waals surface area (Å²) >= 11 is 0. The highest BCUT2D eigenvalue weighted by atomic mass is 19.1. The topological polar surface area (TPSA) is 74.8 Å². The van der Waals surface area contributed by atoms with Gasteiger partial charge in [-0.15, -0.1) is 0 Å². The van der Waals surface area contributed by atoms with Crippen LogP contribution in [0.3, 0.4) is 0 Å². The maximum Gasteiger partial charge on any atom is 0.265 e. The van der Waals surface area contributed by atoms with E-state index in [1.54, 1.807) is 0 Å². The first-order valence-corrected chi connectivity index (χ1v) is 6.27. The summed E-state index contributed by atoms with van der Waals surface area (Å²) in [6.07, 6.45) is 0.0204. The third kappa shape index (κ3) is 1.77. The standard InChI is InChI=1S/C14H10FN2O4/c1-16-10(18)6-5-9(13(16)20)17-12(19)7-3-2-4-8(15)11(7)14(17)21/h2-4,9H,1,5-6H2. The molecule has 0 saturated carbocycles. The first kappa shape index (κ1) is 13.4. The Morgan fingerprint density at radius 1 is 1.14 bits per heavy atom. The van der Waals surface area contributed by atoms with Crippen molar-refractivity contribution in [1.29, 1.82) is 0 Å². The summed E-state index contributed by atoms with van der Waals surface area (Å²) in [5, 5.41) is 0. The molecular weight excluding hydrogens is 279 g/mol. The van der Waals surface area contributed by atoms with Gasteiger partial charge >= 0.3 is 0 Å². The maximum absolute atomic E-state index is 13.7. The molecule has 6 nitrogen and oxygen atoms in total. The number of fused-ring (bicyclic) bond motifs is 1. The number of halogens is 1. The van der Waals surface area contributed by atoms with Crippen molar-refractivity contribution < 1.29 is 23.6 Å². The molecule has 1 aromatic rings. The number of imide groups is 2. The lowest BCUT2D eigenvalue weighted by Gasteiger charge is -2.32. The summed E-state index contributed by atoms with van der Waals surface area (Å²) < 4.78 is 13.7. The molecule has 0 N–H and O–H groups in total. The van der Waals surface area contributed by atoms with Gasteiger partial charge < -0.3 is 0 Å². The summed E-state index contributed by atoms with van der Waals surface area (Å²) in [5.74, 6) is -3.59. The monoisotopic (exact) mass is 289 g/mol. The SMILES string of the molecule is [CH2]N1C(=O)CCC(N2C(=O)c3cccc(F)c3C2=O)C1=O. The van der Waals surface area contributed by atoms with Gasteiger partial charge in [-0.2, -0.15) is 0 Å². The summed E-state index contributed by atoms with van der Waals surface area (Å²) in [4.78, 5) is 49.3. The van der Waals surface area contributed by atoms with Crippen LogP contribution in [0.2, 0.25) is 0 Å². The zero-order valence-corrected chi connectivity index (χ0v) is 10.8. The van der Waals surface area contributed by atoms with E-state index in [2.05, 4.69) is 7.05 Å². The van der Waals surface area contributed by atoms with Crippen LogP contribution < -0.4 is 0 Å². The number of carbonyl (C=O) groups excluding carboxylic acids is 4. The highest BCUT2D eigenvalue weighted by molar-refractivity contribution is 6.23. The number of hydrogen-bond donors (Lipinski definition) is 0. The number of benzene rings is 1. The van der Waals surface area contributed by atoms with Crippen molar-refractivity contribution in [3.8, 4) is 0 Å². The number of nitrogens with zero attached hydrogens (tertiary/aromatic N) is 2. The molecular formula is C14H10FN2O4. The van der Waals surface area contributed by atoms with Crippen LogP contribution in [0.1, 0.15) is 33.6 Å². The van der Waals surface area contributed by atoms with Crippen molar-refractivity contribution in [2.24, 2.45) is 0 Å². The molecule has 3 rings (SSSR count). The second kappa shape index (κ2) is 4.47. The fourth-order valence-corrected chi connectivity index (χ4v) is 2.61. The lowest BCUT2D eigenvalue weighted by Crippen LogP contribution is -2.54. The van der Waals surface area contributed by atoms with Crippen molar-refractivity contribution in [2.45, 2.75) is 18.9 Å². The quantitative estimate of drug-likeness (QED) is 0.714. The highest BCUT2D eigenvalue weighted by Gasteiger charge is 2.47. The van der Waals surface area contributed by atoms with Crippen LogP contribution in [0, 0.1) is 12.9 Å². The van der Waals surface area contributed by atoms with E-state index >= 15 is 0 Å². The normalized spacial score (nSPS) is 22.1. The summed E-state index contributed by atoms with van der Waals surface area (Å²) in [7, 11) is 3.31. The van der Waals surface area contributed by atoms with Gasteiger partial charge in [0.2, 0.25) is 5.91 Å². The molecule has 0 bridgehead atoms. The molecule has 7 heteroatoms. The number of amides is 4. The largest absolute Gasteiger partial charge is 0.279 e. The zero-order chi connectivity index (χ0) is 15.3. The van der Waals surface area contributed by atoms with Gasteiger partial charge in [0.25, 0.3) is 17.7 Å². The molecule has 2 heterocycles. The van der Waals surface area contributed by atoms with Crippen LogP contribution in [0.15, 0.2) is 18.2 Å². The lowest BCUT2D eigenvalue weighted by atomic mass is 10.0. The van der Waals surface area contributed by atoms with Crippen molar-refractivity contribution in [1.82, 2.24) is 9.80 Å². The lowest BCUT2D eigenvalue weighted by molar-refractivity contribution is -0.148. The van der Waals surface area contributed by atoms with Gasteiger partial charge in [0.1, 0.15) is 11.9 Å². The summed E-state index contributed by atoms with van der Waals surface area (Å²) in [6, 6.07) is 2.61. The van der Waals surface area contributed by atoms with E-state index in [4.69, 9.17) is 0 Å². The van der Waals surface area contributed by atoms with Gasteiger partial charge in [-0.25, -0.2) is 4.39 Å². The van der Waals surface area contributed by atoms with Crippen molar-refractivity contribution >= 4 is 23.6 Å². The van der Waals surface area contributed by atoms with Crippen molar-refractivity contribution in [3.63, 3.8) is 0 Å². The molecule has 1 aromatic carbocycles. The van der Waals surface area contributed by atoms with Crippen LogP contribution in [0.25, 0.3) is 0 Å². The first-order chi connectivity index (χ1) is 9.93. The third-order valence-electron chi connectivity index (χ3n) is 3.69. The minimum atomic E-state index is -1.12. The van der Waals surface area contributed by atoms with Gasteiger partial charge in [0, 0.05) is 13.5 Å². The highest BCUT2D eigenvalue weighted by Crippen LogP contribution is 2.30. The average molecular weight is 289 g/mol. The molecule has 2 aliphatic rings. The minimum absolute atomic E-state index is 0.00417. The van der Waals surface area contributed by atoms with Gasteiger partial charge in [0.05, 0.1) is 11.1 Å². The fraction of sp³-hybridized carbons (Fsp3) is 0.214. The van der Waals surface area contributed by atoms with E-state index in [-0.39, 0.29) is 24.0 Å². The molecule has 0 aliphatic carbocycles. The van der Waals surface area contributed by atoms with E-state index in [9.17, 15) is 23.6 Å². The predicted molar refractivity (Wildman–Crippen MR) is 67.1 cm³/mol. The number of carbonyl (C=O) groups is 4. The van der Waals surface area contributed by atoms with Crippen molar-refractivity contribution in [3.05, 3.63) is 42.2 Å². The number of piperidine rings is 1. The Kier molecular flexibility index (Phi) is 2.86. The molecule has 2 aliphatic heterocycles. The third-order valence-corrected chi connectivity index (χ3v) is 3.69. The van der Waals surface area contributed by atoms with E-state index in [0.29, 0.717) is 4.90 Å². The molecule has 0 spiro atoms. The van der Waals surface area contributed by atoms with Gasteiger partial charge in [-0.1, -0.05) is 6.07 Å². The zero-order valence-electron chi connectivity index (χ0n) is 10.8. The van der Waals surface area contributed by atoms with E-state index in [1.807, 2.05) is 0 Å². The van der Waals surface area contributed by atoms with E-state index < -0.39 is 35.5 Å². The molecule has 0 aromatic heterocycles. The molecule has 1 radical (unpaired) electrons. The first-order valence-electron chi connectivity index (χ1n) is 6.27. The van der Waals surface area contributed by atoms with E-state index in [0.717, 1.165) is 11.0 Å². The molecule has 1 unspecified atom stereocenters. The van der Waals surface area contributed by atoms with Crippen LogP contribution in [0.4, 0.5) is 4.39 Å². The maximum atomic E-state index is 13.7. The van der Waals surface area contributed by atoms with Gasteiger partial charge in [-0.3, -0.25) is 29.0 Å². The van der Waals surface area contributed by atoms with Crippen LogP contribution in [-0.2, 0) is 9.59 Å². The second-order valence-electron chi connectivity index (χ2n) is 4.86. The van der Waals surface area contributed by atoms with Crippen molar-refractivity contribution in [2.75, 3.05) is 0 Å². The minimum Gasteiger partial charge on any atom is -0.279 e. The van der Waals surface area contributed by atoms with E-state index in [1.165, 1.54) is 12.1 Å². The molecule has 4 amide bonds. The fourth-order valence-electron chi connectivity index (χ4n) is 2.61. The number of hydrogen-bond acceptors (Lipinski definition) is 4. The molecule has 107 valence electrons. The Morgan fingerprint density at radius 3 is 2.52 bits per heavy atom. The Labute approximate surface area is 119 Å². The average Bonchev–Trinajstić information content (AvgIpc) is 2.71. The number of likely N-dealkylation sites (tertiary alicyclic amines) is 1. The smallest absolute Gasteiger partial charge is 0.265 e. The molecule has 1 fully saturated rings. The summed E-state index contributed by atoms with van der Waals surface area (Å²) in [5.41, 5.74) is -0.400. The van der Waals surface area contributed by atoms with Crippen LogP contribution in [0.5, 0.6) is 0 Å². The Hall–Kier alpha value is -2.57. The Bertz CT molecular complexity index is 700. The molecule has 1 atom stereocenters. The van der Waals surface area contributed by atoms with Crippen LogP contribution in [-0.4, -0.2) is 39.5 Å². The van der Waals surface area contributed by atoms with Gasteiger partial charge in [0.15, 0.2) is 0 Å². The Morgan fingerprint density at radius 2 is 1.86 bits per heavy atom.